The molecule has 0 atom stereocenters. The molecule has 0 unspecified atom stereocenters. The summed E-state index contributed by atoms with van der Waals surface area (Å²) >= 11 is 1.46. The lowest BCUT2D eigenvalue weighted by molar-refractivity contribution is -0.114. The summed E-state index contributed by atoms with van der Waals surface area (Å²) in [5.41, 5.74) is 0.248. The number of amides is 1. The van der Waals surface area contributed by atoms with E-state index in [4.69, 9.17) is 14.3 Å². The fraction of sp³-hybridized carbons (Fsp3) is 0.143. The van der Waals surface area contributed by atoms with Gasteiger partial charge >= 0.3 is 0 Å². The van der Waals surface area contributed by atoms with Crippen LogP contribution in [0, 0.1) is 5.82 Å². The second-order valence-electron chi connectivity index (χ2n) is 5.85. The normalized spacial score (nSPS) is 11.0. The van der Waals surface area contributed by atoms with Gasteiger partial charge < -0.3 is 19.6 Å². The number of nitrogens with zero attached hydrogens (tertiary/aromatic N) is 3. The molecular weight excluding hydrogens is 423 g/mol. The summed E-state index contributed by atoms with van der Waals surface area (Å²) in [5.74, 6) is -1.45. The second kappa shape index (κ2) is 10.4. The quantitative estimate of drug-likeness (QED) is 0.320. The lowest BCUT2D eigenvalue weighted by atomic mass is 10.1. The molecule has 3 aromatic rings. The number of hydrogen-bond donors (Lipinski definition) is 1. The SMILES string of the molecule is CNC(=O)/C(=N/OC)c1ccccc1Oc1ncnc(Oc2ccccc2SC)c1F. The lowest BCUT2D eigenvalue weighted by Crippen LogP contribution is -2.28. The van der Waals surface area contributed by atoms with Gasteiger partial charge in [0.05, 0.1) is 5.56 Å². The first-order valence-corrected chi connectivity index (χ1v) is 10.2. The molecule has 1 aromatic heterocycles. The molecule has 31 heavy (non-hydrogen) atoms. The molecule has 3 rings (SSSR count). The first kappa shape index (κ1) is 22.0. The maximum absolute atomic E-state index is 15.1. The van der Waals surface area contributed by atoms with E-state index in [-0.39, 0.29) is 28.8 Å². The number of thioether (sulfide) groups is 1. The Morgan fingerprint density at radius 1 is 1.03 bits per heavy atom. The van der Waals surface area contributed by atoms with Crippen LogP contribution in [0.3, 0.4) is 0 Å². The summed E-state index contributed by atoms with van der Waals surface area (Å²) < 4.78 is 26.4. The number of oxime groups is 1. The summed E-state index contributed by atoms with van der Waals surface area (Å²) in [6, 6.07) is 13.7. The van der Waals surface area contributed by atoms with Crippen molar-refractivity contribution in [2.24, 2.45) is 5.16 Å². The molecule has 0 fully saturated rings. The molecular formula is C21H19FN4O4S. The fourth-order valence-corrected chi connectivity index (χ4v) is 3.09. The Kier molecular flexibility index (Phi) is 7.39. The van der Waals surface area contributed by atoms with Crippen LogP contribution in [0.15, 0.2) is 64.9 Å². The highest BCUT2D eigenvalue weighted by molar-refractivity contribution is 7.98. The Hall–Kier alpha value is -3.66. The van der Waals surface area contributed by atoms with Crippen molar-refractivity contribution in [1.29, 1.82) is 0 Å². The third kappa shape index (κ3) is 5.10. The Balaban J connectivity index is 1.95. The first-order chi connectivity index (χ1) is 15.1. The molecule has 0 radical (unpaired) electrons. The number of hydrogen-bond acceptors (Lipinski definition) is 8. The zero-order valence-electron chi connectivity index (χ0n) is 17.0. The average molecular weight is 442 g/mol. The van der Waals surface area contributed by atoms with Gasteiger partial charge in [-0.3, -0.25) is 4.79 Å². The standard InChI is InChI=1S/C21H19FN4O4S/c1-23-19(27)18(26-28-2)13-8-4-5-9-14(13)29-20-17(22)21(25-12-24-20)30-15-10-6-7-11-16(15)31-3/h4-12H,1-3H3,(H,23,27)/b26-18+. The predicted octanol–water partition coefficient (Wildman–Crippen LogP) is 4.02. The molecule has 2 aromatic carbocycles. The smallest absolute Gasteiger partial charge is 0.273 e. The number of halogens is 1. The van der Waals surface area contributed by atoms with Gasteiger partial charge in [-0.05, 0) is 30.5 Å². The summed E-state index contributed by atoms with van der Waals surface area (Å²) in [6.07, 6.45) is 3.01. The second-order valence-corrected chi connectivity index (χ2v) is 6.70. The van der Waals surface area contributed by atoms with Gasteiger partial charge in [0.25, 0.3) is 17.7 Å². The first-order valence-electron chi connectivity index (χ1n) is 9.00. The number of carbonyl (C=O) groups excluding carboxylic acids is 1. The molecule has 8 nitrogen and oxygen atoms in total. The predicted molar refractivity (Wildman–Crippen MR) is 114 cm³/mol. The minimum atomic E-state index is -0.890. The molecule has 0 aliphatic carbocycles. The number of likely N-dealkylation sites (N-methyl/N-ethyl adjacent to an activating group) is 1. The van der Waals surface area contributed by atoms with Crippen molar-refractivity contribution in [3.05, 3.63) is 66.2 Å². The Labute approximate surface area is 182 Å². The van der Waals surface area contributed by atoms with E-state index < -0.39 is 11.7 Å². The highest BCUT2D eigenvalue weighted by Crippen LogP contribution is 2.34. The summed E-state index contributed by atoms with van der Waals surface area (Å²) in [6.45, 7) is 0. The van der Waals surface area contributed by atoms with Crippen LogP contribution in [-0.2, 0) is 9.63 Å². The van der Waals surface area contributed by atoms with Crippen molar-refractivity contribution >= 4 is 23.4 Å². The summed E-state index contributed by atoms with van der Waals surface area (Å²) in [5, 5.41) is 6.22. The van der Waals surface area contributed by atoms with E-state index in [0.717, 1.165) is 11.2 Å². The van der Waals surface area contributed by atoms with Crippen LogP contribution in [0.1, 0.15) is 5.56 Å². The van der Waals surface area contributed by atoms with Gasteiger partial charge in [0.1, 0.15) is 24.9 Å². The van der Waals surface area contributed by atoms with Crippen LogP contribution < -0.4 is 14.8 Å². The zero-order chi connectivity index (χ0) is 22.2. The Morgan fingerprint density at radius 2 is 1.65 bits per heavy atom. The van der Waals surface area contributed by atoms with Gasteiger partial charge in [-0.1, -0.05) is 29.4 Å². The highest BCUT2D eigenvalue weighted by atomic mass is 32.2. The molecule has 1 N–H and O–H groups in total. The molecule has 1 heterocycles. The number of rotatable bonds is 8. The van der Waals surface area contributed by atoms with Crippen LogP contribution in [0.2, 0.25) is 0 Å². The third-order valence-corrected chi connectivity index (χ3v) is 4.75. The number of ether oxygens (including phenoxy) is 2. The largest absolute Gasteiger partial charge is 0.436 e. The van der Waals surface area contributed by atoms with E-state index in [0.29, 0.717) is 5.75 Å². The molecule has 0 aliphatic rings. The van der Waals surface area contributed by atoms with Crippen molar-refractivity contribution < 1.29 is 23.5 Å². The Morgan fingerprint density at radius 3 is 2.29 bits per heavy atom. The van der Waals surface area contributed by atoms with Crippen LogP contribution >= 0.6 is 11.8 Å². The molecule has 0 bridgehead atoms. The molecule has 160 valence electrons. The van der Waals surface area contributed by atoms with Crippen LogP contribution in [0.25, 0.3) is 0 Å². The lowest BCUT2D eigenvalue weighted by Gasteiger charge is -2.13. The number of para-hydroxylation sites is 2. The van der Waals surface area contributed by atoms with Crippen molar-refractivity contribution in [1.82, 2.24) is 15.3 Å². The minimum Gasteiger partial charge on any atom is -0.436 e. The number of benzene rings is 2. The van der Waals surface area contributed by atoms with Crippen molar-refractivity contribution in [2.45, 2.75) is 4.90 Å². The number of nitrogens with one attached hydrogen (secondary N) is 1. The van der Waals surface area contributed by atoms with Gasteiger partial charge in [-0.2, -0.15) is 14.4 Å². The van der Waals surface area contributed by atoms with Gasteiger partial charge in [0, 0.05) is 11.9 Å². The average Bonchev–Trinajstić information content (AvgIpc) is 2.80. The molecule has 0 saturated heterocycles. The van der Waals surface area contributed by atoms with E-state index in [1.165, 1.54) is 25.9 Å². The maximum atomic E-state index is 15.1. The number of carbonyl (C=O) groups is 1. The molecule has 1 amide bonds. The third-order valence-electron chi connectivity index (χ3n) is 3.97. The van der Waals surface area contributed by atoms with E-state index in [1.807, 2.05) is 18.4 Å². The summed E-state index contributed by atoms with van der Waals surface area (Å²) in [7, 11) is 2.77. The van der Waals surface area contributed by atoms with E-state index >= 15 is 4.39 Å². The topological polar surface area (TPSA) is 94.9 Å². The van der Waals surface area contributed by atoms with E-state index in [1.54, 1.807) is 36.4 Å². The van der Waals surface area contributed by atoms with Crippen LogP contribution in [0.5, 0.6) is 23.3 Å². The minimum absolute atomic E-state index is 0.0413. The van der Waals surface area contributed by atoms with Gasteiger partial charge in [-0.15, -0.1) is 11.8 Å². The zero-order valence-corrected chi connectivity index (χ0v) is 17.8. The highest BCUT2D eigenvalue weighted by Gasteiger charge is 2.22. The van der Waals surface area contributed by atoms with E-state index in [9.17, 15) is 4.79 Å². The molecule has 0 aliphatic heterocycles. The van der Waals surface area contributed by atoms with Gasteiger partial charge in [0.2, 0.25) is 5.82 Å². The van der Waals surface area contributed by atoms with Crippen LogP contribution in [-0.4, -0.2) is 42.0 Å². The van der Waals surface area contributed by atoms with Gasteiger partial charge in [0.15, 0.2) is 5.71 Å². The number of aromatic nitrogens is 2. The maximum Gasteiger partial charge on any atom is 0.273 e. The fourth-order valence-electron chi connectivity index (χ4n) is 2.57. The van der Waals surface area contributed by atoms with Crippen molar-refractivity contribution in [3.8, 4) is 23.3 Å². The van der Waals surface area contributed by atoms with Crippen molar-refractivity contribution in [2.75, 3.05) is 20.4 Å². The Bertz CT molecular complexity index is 1110. The molecule has 0 saturated carbocycles. The van der Waals surface area contributed by atoms with Crippen LogP contribution in [0.4, 0.5) is 4.39 Å². The van der Waals surface area contributed by atoms with E-state index in [2.05, 4.69) is 20.4 Å². The monoisotopic (exact) mass is 442 g/mol. The summed E-state index contributed by atoms with van der Waals surface area (Å²) in [4.78, 5) is 25.5. The van der Waals surface area contributed by atoms with Gasteiger partial charge in [-0.25, -0.2) is 0 Å². The van der Waals surface area contributed by atoms with Crippen molar-refractivity contribution in [3.63, 3.8) is 0 Å². The molecule has 0 spiro atoms. The molecule has 10 heteroatoms.